The van der Waals surface area contributed by atoms with Crippen LogP contribution in [0.5, 0.6) is 0 Å². The zero-order valence-electron chi connectivity index (χ0n) is 12.2. The molecule has 0 saturated carbocycles. The van der Waals surface area contributed by atoms with Crippen molar-refractivity contribution in [2.45, 2.75) is 11.8 Å². The Kier molecular flexibility index (Phi) is 4.11. The van der Waals surface area contributed by atoms with Crippen LogP contribution in [0.2, 0.25) is 5.02 Å². The predicted molar refractivity (Wildman–Crippen MR) is 88.9 cm³/mol. The molecule has 0 fully saturated rings. The minimum absolute atomic E-state index is 0.0521. The lowest BCUT2D eigenvalue weighted by molar-refractivity contribution is 0.435. The van der Waals surface area contributed by atoms with Crippen molar-refractivity contribution in [1.29, 1.82) is 0 Å². The molecule has 1 N–H and O–H groups in total. The van der Waals surface area contributed by atoms with E-state index < -0.39 is 10.0 Å². The Morgan fingerprint density at radius 1 is 1.13 bits per heavy atom. The Labute approximate surface area is 138 Å². The van der Waals surface area contributed by atoms with Gasteiger partial charge in [-0.2, -0.15) is 0 Å². The highest BCUT2D eigenvalue weighted by atomic mass is 35.5. The van der Waals surface area contributed by atoms with Gasteiger partial charge in [0.15, 0.2) is 0 Å². The van der Waals surface area contributed by atoms with Gasteiger partial charge in [0.05, 0.1) is 16.7 Å². The summed E-state index contributed by atoms with van der Waals surface area (Å²) in [5, 5.41) is 4.03. The first-order valence-corrected chi connectivity index (χ1v) is 8.62. The van der Waals surface area contributed by atoms with Crippen LogP contribution in [0.3, 0.4) is 0 Å². The smallest absolute Gasteiger partial charge is 0.264 e. The fourth-order valence-corrected chi connectivity index (χ4v) is 3.37. The van der Waals surface area contributed by atoms with E-state index in [1.165, 1.54) is 18.3 Å². The lowest BCUT2D eigenvalue weighted by Gasteiger charge is -2.07. The molecule has 0 aliphatic carbocycles. The highest BCUT2D eigenvalue weighted by Gasteiger charge is 2.20. The maximum absolute atomic E-state index is 12.4. The molecular weight excluding hydrogens is 336 g/mol. The van der Waals surface area contributed by atoms with Gasteiger partial charge in [0.2, 0.25) is 5.88 Å². The Balaban J connectivity index is 1.95. The summed E-state index contributed by atoms with van der Waals surface area (Å²) in [5.74, 6) is 0.0637. The summed E-state index contributed by atoms with van der Waals surface area (Å²) in [4.78, 5) is 0.0521. The van der Waals surface area contributed by atoms with Crippen LogP contribution in [0.4, 0.5) is 5.88 Å². The third-order valence-corrected chi connectivity index (χ3v) is 4.83. The number of aryl methyl sites for hydroxylation is 1. The lowest BCUT2D eigenvalue weighted by atomic mass is 10.1. The highest BCUT2D eigenvalue weighted by Crippen LogP contribution is 2.30. The molecule has 0 aliphatic heterocycles. The van der Waals surface area contributed by atoms with Gasteiger partial charge in [0.25, 0.3) is 10.0 Å². The van der Waals surface area contributed by atoms with Gasteiger partial charge < -0.3 is 4.52 Å². The number of halogens is 1. The van der Waals surface area contributed by atoms with Crippen LogP contribution in [0.25, 0.3) is 11.1 Å². The number of hydrogen-bond donors (Lipinski definition) is 1. The number of benzene rings is 2. The number of sulfonamides is 1. The monoisotopic (exact) mass is 348 g/mol. The zero-order chi connectivity index (χ0) is 16.4. The standard InChI is InChI=1S/C16H13ClN2O3S/c1-11-5-7-12(8-6-11)15-10-18-22-16(15)19-23(20,21)14-4-2-3-13(17)9-14/h2-10,19H,1H3. The number of nitrogens with one attached hydrogen (secondary N) is 1. The van der Waals surface area contributed by atoms with Gasteiger partial charge in [0, 0.05) is 5.02 Å². The van der Waals surface area contributed by atoms with Gasteiger partial charge >= 0.3 is 0 Å². The van der Waals surface area contributed by atoms with E-state index >= 15 is 0 Å². The van der Waals surface area contributed by atoms with Crippen molar-refractivity contribution >= 4 is 27.5 Å². The number of aromatic nitrogens is 1. The van der Waals surface area contributed by atoms with Crippen LogP contribution in [0.15, 0.2) is 64.1 Å². The normalized spacial score (nSPS) is 11.4. The van der Waals surface area contributed by atoms with E-state index in [0.717, 1.165) is 11.1 Å². The molecule has 5 nitrogen and oxygen atoms in total. The SMILES string of the molecule is Cc1ccc(-c2cnoc2NS(=O)(=O)c2cccc(Cl)c2)cc1. The van der Waals surface area contributed by atoms with Crippen LogP contribution in [-0.4, -0.2) is 13.6 Å². The molecule has 118 valence electrons. The summed E-state index contributed by atoms with van der Waals surface area (Å²) < 4.78 is 32.3. The van der Waals surface area contributed by atoms with E-state index in [1.54, 1.807) is 12.1 Å². The van der Waals surface area contributed by atoms with E-state index in [9.17, 15) is 8.42 Å². The molecule has 1 heterocycles. The Bertz CT molecular complexity index is 934. The minimum atomic E-state index is -3.81. The van der Waals surface area contributed by atoms with Gasteiger partial charge in [-0.3, -0.25) is 0 Å². The molecule has 0 radical (unpaired) electrons. The van der Waals surface area contributed by atoms with E-state index in [-0.39, 0.29) is 10.8 Å². The third kappa shape index (κ3) is 3.38. The molecule has 0 atom stereocenters. The Hall–Kier alpha value is -2.31. The number of hydrogen-bond acceptors (Lipinski definition) is 4. The second kappa shape index (κ2) is 6.06. The summed E-state index contributed by atoms with van der Waals surface area (Å²) in [6.45, 7) is 1.97. The molecule has 3 rings (SSSR count). The third-order valence-electron chi connectivity index (χ3n) is 3.27. The van der Waals surface area contributed by atoms with Crippen LogP contribution < -0.4 is 4.72 Å². The summed E-state index contributed by atoms with van der Waals surface area (Å²) in [6.07, 6.45) is 1.47. The van der Waals surface area contributed by atoms with Gasteiger partial charge in [-0.15, -0.1) is 0 Å². The first kappa shape index (κ1) is 15.6. The van der Waals surface area contributed by atoms with Crippen LogP contribution in [0.1, 0.15) is 5.56 Å². The molecule has 0 aliphatic rings. The molecule has 3 aromatic rings. The molecular formula is C16H13ClN2O3S. The molecule has 1 aromatic heterocycles. The number of anilines is 1. The van der Waals surface area contributed by atoms with Gasteiger partial charge in [-0.1, -0.05) is 52.7 Å². The molecule has 0 bridgehead atoms. The van der Waals surface area contributed by atoms with Crippen molar-refractivity contribution in [1.82, 2.24) is 5.16 Å². The Morgan fingerprint density at radius 3 is 2.57 bits per heavy atom. The zero-order valence-corrected chi connectivity index (χ0v) is 13.7. The first-order valence-electron chi connectivity index (χ1n) is 6.76. The van der Waals surface area contributed by atoms with Crippen molar-refractivity contribution in [3.63, 3.8) is 0 Å². The number of nitrogens with zero attached hydrogens (tertiary/aromatic N) is 1. The molecule has 0 amide bonds. The van der Waals surface area contributed by atoms with E-state index in [1.807, 2.05) is 31.2 Å². The first-order chi connectivity index (χ1) is 11.0. The molecule has 0 unspecified atom stereocenters. The second-order valence-electron chi connectivity index (χ2n) is 5.00. The molecule has 23 heavy (non-hydrogen) atoms. The quantitative estimate of drug-likeness (QED) is 0.770. The topological polar surface area (TPSA) is 72.2 Å². The van der Waals surface area contributed by atoms with Gasteiger partial charge in [0.1, 0.15) is 0 Å². The fraction of sp³-hybridized carbons (Fsp3) is 0.0625. The minimum Gasteiger partial charge on any atom is -0.337 e. The Morgan fingerprint density at radius 2 is 1.87 bits per heavy atom. The van der Waals surface area contributed by atoms with E-state index in [2.05, 4.69) is 9.88 Å². The summed E-state index contributed by atoms with van der Waals surface area (Å²) in [5.41, 5.74) is 2.47. The molecule has 2 aromatic carbocycles. The maximum Gasteiger partial charge on any atom is 0.264 e. The lowest BCUT2D eigenvalue weighted by Crippen LogP contribution is -2.12. The van der Waals surface area contributed by atoms with Crippen molar-refractivity contribution in [2.75, 3.05) is 4.72 Å². The van der Waals surface area contributed by atoms with Crippen molar-refractivity contribution in [2.24, 2.45) is 0 Å². The largest absolute Gasteiger partial charge is 0.337 e. The fourth-order valence-electron chi connectivity index (χ4n) is 2.07. The van der Waals surface area contributed by atoms with E-state index in [4.69, 9.17) is 16.1 Å². The molecule has 0 saturated heterocycles. The van der Waals surface area contributed by atoms with Gasteiger partial charge in [-0.05, 0) is 30.7 Å². The summed E-state index contributed by atoms with van der Waals surface area (Å²) in [7, 11) is -3.81. The van der Waals surface area contributed by atoms with E-state index in [0.29, 0.717) is 10.6 Å². The van der Waals surface area contributed by atoms with Crippen LogP contribution >= 0.6 is 11.6 Å². The average molecular weight is 349 g/mol. The van der Waals surface area contributed by atoms with Gasteiger partial charge in [-0.25, -0.2) is 13.1 Å². The highest BCUT2D eigenvalue weighted by molar-refractivity contribution is 7.92. The van der Waals surface area contributed by atoms with Crippen LogP contribution in [-0.2, 0) is 10.0 Å². The van der Waals surface area contributed by atoms with Crippen molar-refractivity contribution < 1.29 is 12.9 Å². The summed E-state index contributed by atoms with van der Waals surface area (Å²) >= 11 is 5.85. The molecule has 7 heteroatoms. The van der Waals surface area contributed by atoms with Crippen molar-refractivity contribution in [3.8, 4) is 11.1 Å². The maximum atomic E-state index is 12.4. The predicted octanol–water partition coefficient (Wildman–Crippen LogP) is 4.10. The second-order valence-corrected chi connectivity index (χ2v) is 7.12. The van der Waals surface area contributed by atoms with Crippen LogP contribution in [0, 0.1) is 6.92 Å². The summed E-state index contributed by atoms with van der Waals surface area (Å²) in [6, 6.07) is 13.6. The average Bonchev–Trinajstić information content (AvgIpc) is 2.95. The number of rotatable bonds is 4. The molecule has 0 spiro atoms. The van der Waals surface area contributed by atoms with Crippen molar-refractivity contribution in [3.05, 3.63) is 65.3 Å².